The predicted molar refractivity (Wildman–Crippen MR) is 52.0 cm³/mol. The minimum Gasteiger partial charge on any atom is -0.244 e. The van der Waals surface area contributed by atoms with Crippen molar-refractivity contribution >= 4 is 11.6 Å². The first kappa shape index (κ1) is 12.6. The molecule has 0 N–H and O–H groups in total. The molecule has 16 heavy (non-hydrogen) atoms. The number of alkyl halides is 3. The molecule has 0 saturated heterocycles. The lowest BCUT2D eigenvalue weighted by Crippen LogP contribution is -2.07. The van der Waals surface area contributed by atoms with E-state index in [2.05, 4.69) is 15.0 Å². The van der Waals surface area contributed by atoms with Gasteiger partial charge in [0.25, 0.3) is 0 Å². The van der Waals surface area contributed by atoms with Gasteiger partial charge in [-0.15, -0.1) is 0 Å². The van der Waals surface area contributed by atoms with Crippen molar-refractivity contribution in [2.24, 2.45) is 5.11 Å². The van der Waals surface area contributed by atoms with Crippen LogP contribution in [0.25, 0.3) is 10.4 Å². The fourth-order valence-corrected chi connectivity index (χ4v) is 1.24. The third kappa shape index (κ3) is 3.29. The number of pyridine rings is 1. The molecule has 0 radical (unpaired) electrons. The maximum atomic E-state index is 12.3. The van der Waals surface area contributed by atoms with Crippen molar-refractivity contribution in [3.63, 3.8) is 0 Å². The second-order valence-electron chi connectivity index (χ2n) is 2.88. The van der Waals surface area contributed by atoms with Gasteiger partial charge >= 0.3 is 6.18 Å². The molecular weight excluding hydrogens is 245 g/mol. The van der Waals surface area contributed by atoms with Crippen molar-refractivity contribution in [3.8, 4) is 0 Å². The van der Waals surface area contributed by atoms with Crippen molar-refractivity contribution < 1.29 is 13.2 Å². The molecular formula is C8H6ClF3N4. The Kier molecular flexibility index (Phi) is 3.98. The summed E-state index contributed by atoms with van der Waals surface area (Å²) in [5.41, 5.74) is 7.37. The molecule has 1 aromatic rings. The van der Waals surface area contributed by atoms with Gasteiger partial charge in [0.1, 0.15) is 5.15 Å². The molecule has 0 aliphatic rings. The summed E-state index contributed by atoms with van der Waals surface area (Å²) in [6.07, 6.45) is -3.66. The average Bonchev–Trinajstić information content (AvgIpc) is 2.19. The summed E-state index contributed by atoms with van der Waals surface area (Å²) in [4.78, 5) is 5.93. The summed E-state index contributed by atoms with van der Waals surface area (Å²) >= 11 is 5.61. The van der Waals surface area contributed by atoms with Crippen LogP contribution in [0.1, 0.15) is 11.1 Å². The first-order chi connectivity index (χ1) is 7.45. The number of hydrogen-bond acceptors (Lipinski definition) is 2. The van der Waals surface area contributed by atoms with Gasteiger partial charge in [-0.3, -0.25) is 0 Å². The highest BCUT2D eigenvalue weighted by atomic mass is 35.5. The Morgan fingerprint density at radius 1 is 1.50 bits per heavy atom. The standard InChI is InChI=1S/C8H6ClF3N4/c9-7-5(1-2-15-16-13)3-6(4-14-7)8(10,11)12/h3-4H,1-2H2. The molecule has 0 bridgehead atoms. The third-order valence-corrected chi connectivity index (χ3v) is 2.12. The SMILES string of the molecule is [N-]=[N+]=NCCc1cc(C(F)(F)F)cnc1Cl. The van der Waals surface area contributed by atoms with E-state index in [9.17, 15) is 13.2 Å². The first-order valence-corrected chi connectivity index (χ1v) is 4.55. The zero-order valence-corrected chi connectivity index (χ0v) is 8.63. The zero-order valence-electron chi connectivity index (χ0n) is 7.87. The molecule has 0 aliphatic carbocycles. The van der Waals surface area contributed by atoms with Crippen LogP contribution in [0, 0.1) is 0 Å². The molecule has 86 valence electrons. The Bertz CT molecular complexity index is 426. The molecule has 0 saturated carbocycles. The van der Waals surface area contributed by atoms with Gasteiger partial charge in [0.2, 0.25) is 0 Å². The summed E-state index contributed by atoms with van der Waals surface area (Å²) < 4.78 is 37.0. The van der Waals surface area contributed by atoms with E-state index in [0.29, 0.717) is 6.20 Å². The van der Waals surface area contributed by atoms with Crippen LogP contribution in [0.3, 0.4) is 0 Å². The lowest BCUT2D eigenvalue weighted by Gasteiger charge is -2.08. The molecule has 0 amide bonds. The van der Waals surface area contributed by atoms with Crippen LogP contribution in [-0.4, -0.2) is 11.5 Å². The minimum absolute atomic E-state index is 0.0128. The third-order valence-electron chi connectivity index (χ3n) is 1.78. The van der Waals surface area contributed by atoms with Crippen LogP contribution in [-0.2, 0) is 12.6 Å². The molecule has 0 atom stereocenters. The number of azide groups is 1. The minimum atomic E-state index is -4.45. The van der Waals surface area contributed by atoms with E-state index in [1.807, 2.05) is 0 Å². The fourth-order valence-electron chi connectivity index (χ4n) is 1.04. The van der Waals surface area contributed by atoms with Crippen LogP contribution in [0.2, 0.25) is 5.15 Å². The average molecular weight is 251 g/mol. The van der Waals surface area contributed by atoms with E-state index in [4.69, 9.17) is 17.1 Å². The highest BCUT2D eigenvalue weighted by Crippen LogP contribution is 2.30. The molecule has 1 rings (SSSR count). The fraction of sp³-hybridized carbons (Fsp3) is 0.375. The van der Waals surface area contributed by atoms with E-state index in [-0.39, 0.29) is 23.7 Å². The second-order valence-corrected chi connectivity index (χ2v) is 3.23. The van der Waals surface area contributed by atoms with Crippen LogP contribution < -0.4 is 0 Å². The largest absolute Gasteiger partial charge is 0.417 e. The number of aromatic nitrogens is 1. The Morgan fingerprint density at radius 2 is 2.19 bits per heavy atom. The van der Waals surface area contributed by atoms with Crippen molar-refractivity contribution in [1.29, 1.82) is 0 Å². The number of nitrogens with zero attached hydrogens (tertiary/aromatic N) is 4. The van der Waals surface area contributed by atoms with Gasteiger partial charge in [-0.1, -0.05) is 16.7 Å². The molecule has 1 heterocycles. The molecule has 0 aromatic carbocycles. The van der Waals surface area contributed by atoms with Crippen LogP contribution in [0.15, 0.2) is 17.4 Å². The van der Waals surface area contributed by atoms with Gasteiger partial charge in [-0.2, -0.15) is 13.2 Å². The number of rotatable bonds is 3. The predicted octanol–water partition coefficient (Wildman–Crippen LogP) is 3.61. The van der Waals surface area contributed by atoms with Crippen molar-refractivity contribution in [1.82, 2.24) is 4.98 Å². The van der Waals surface area contributed by atoms with Gasteiger partial charge in [0.05, 0.1) is 5.56 Å². The zero-order chi connectivity index (χ0) is 12.2. The lowest BCUT2D eigenvalue weighted by molar-refractivity contribution is -0.137. The van der Waals surface area contributed by atoms with Gasteiger partial charge in [-0.25, -0.2) is 4.98 Å². The molecule has 0 aliphatic heterocycles. The Hall–Kier alpha value is -1.46. The van der Waals surface area contributed by atoms with Gasteiger partial charge in [0.15, 0.2) is 0 Å². The van der Waals surface area contributed by atoms with Crippen LogP contribution in [0.4, 0.5) is 13.2 Å². The summed E-state index contributed by atoms with van der Waals surface area (Å²) in [6.45, 7) is 0.0409. The highest BCUT2D eigenvalue weighted by molar-refractivity contribution is 6.30. The maximum absolute atomic E-state index is 12.3. The van der Waals surface area contributed by atoms with E-state index >= 15 is 0 Å². The topological polar surface area (TPSA) is 61.7 Å². The monoisotopic (exact) mass is 250 g/mol. The molecule has 8 heteroatoms. The van der Waals surface area contributed by atoms with E-state index in [0.717, 1.165) is 6.07 Å². The summed E-state index contributed by atoms with van der Waals surface area (Å²) in [5.74, 6) is 0. The van der Waals surface area contributed by atoms with Crippen molar-refractivity contribution in [2.45, 2.75) is 12.6 Å². The van der Waals surface area contributed by atoms with E-state index < -0.39 is 11.7 Å². The first-order valence-electron chi connectivity index (χ1n) is 4.17. The molecule has 4 nitrogen and oxygen atoms in total. The molecule has 0 fully saturated rings. The smallest absolute Gasteiger partial charge is 0.244 e. The van der Waals surface area contributed by atoms with Crippen LogP contribution in [0.5, 0.6) is 0 Å². The second kappa shape index (κ2) is 5.05. The Labute approximate surface area is 93.7 Å². The van der Waals surface area contributed by atoms with Gasteiger partial charge in [-0.05, 0) is 23.6 Å². The normalized spacial score (nSPS) is 11.0. The summed E-state index contributed by atoms with van der Waals surface area (Å²) in [5, 5.41) is 3.20. The maximum Gasteiger partial charge on any atom is 0.417 e. The number of hydrogen-bond donors (Lipinski definition) is 0. The molecule has 1 aromatic heterocycles. The van der Waals surface area contributed by atoms with Crippen molar-refractivity contribution in [3.05, 3.63) is 39.0 Å². The van der Waals surface area contributed by atoms with Gasteiger partial charge < -0.3 is 0 Å². The van der Waals surface area contributed by atoms with Crippen LogP contribution >= 0.6 is 11.6 Å². The van der Waals surface area contributed by atoms with E-state index in [1.165, 1.54) is 0 Å². The Morgan fingerprint density at radius 3 is 2.75 bits per heavy atom. The summed E-state index contributed by atoms with van der Waals surface area (Å²) in [7, 11) is 0. The number of halogens is 4. The highest BCUT2D eigenvalue weighted by Gasteiger charge is 2.31. The van der Waals surface area contributed by atoms with E-state index in [1.54, 1.807) is 0 Å². The quantitative estimate of drug-likeness (QED) is 0.350. The summed E-state index contributed by atoms with van der Waals surface area (Å²) in [6, 6.07) is 0.905. The van der Waals surface area contributed by atoms with Gasteiger partial charge in [0, 0.05) is 17.7 Å². The Balaban J connectivity index is 2.95. The lowest BCUT2D eigenvalue weighted by atomic mass is 10.1. The molecule has 0 unspecified atom stereocenters. The molecule has 0 spiro atoms. The van der Waals surface area contributed by atoms with Crippen molar-refractivity contribution in [2.75, 3.05) is 6.54 Å².